The van der Waals surface area contributed by atoms with Gasteiger partial charge in [-0.2, -0.15) is 0 Å². The largest absolute Gasteiger partial charge is 0.442 e. The molecule has 0 saturated carbocycles. The molecule has 1 aromatic carbocycles. The number of nitrogens with zero attached hydrogens (tertiary/aromatic N) is 2. The molecule has 0 saturated heterocycles. The normalized spacial score (nSPS) is 10.7. The Hall–Kier alpha value is -2.45. The molecule has 9 heteroatoms. The molecule has 0 bridgehead atoms. The Labute approximate surface area is 138 Å². The Bertz CT molecular complexity index is 904. The molecule has 0 spiro atoms. The molecule has 0 aliphatic rings. The fourth-order valence-corrected chi connectivity index (χ4v) is 2.80. The summed E-state index contributed by atoms with van der Waals surface area (Å²) >= 11 is 7.02. The fourth-order valence-electron chi connectivity index (χ4n) is 1.91. The number of benzene rings is 1. The van der Waals surface area contributed by atoms with Crippen LogP contribution in [-0.2, 0) is 11.3 Å². The number of thiophene rings is 1. The number of nitrogens with one attached hydrogen (secondary N) is 1. The Morgan fingerprint density at radius 2 is 2.26 bits per heavy atom. The molecule has 2 heterocycles. The van der Waals surface area contributed by atoms with E-state index in [0.717, 1.165) is 10.6 Å². The van der Waals surface area contributed by atoms with Gasteiger partial charge in [0.05, 0.1) is 9.90 Å². The summed E-state index contributed by atoms with van der Waals surface area (Å²) in [4.78, 5) is 24.5. The summed E-state index contributed by atoms with van der Waals surface area (Å²) in [5.74, 6) is -1.53. The van der Waals surface area contributed by atoms with Gasteiger partial charge in [-0.1, -0.05) is 22.8 Å². The van der Waals surface area contributed by atoms with Gasteiger partial charge in [0, 0.05) is 5.69 Å². The maximum atomic E-state index is 13.1. The number of hydrogen-bond donors (Lipinski definition) is 1. The molecule has 2 aromatic heterocycles. The molecule has 0 fully saturated rings. The van der Waals surface area contributed by atoms with Gasteiger partial charge >= 0.3 is 5.76 Å². The van der Waals surface area contributed by atoms with Crippen LogP contribution in [0.4, 0.5) is 10.1 Å². The van der Waals surface area contributed by atoms with Gasteiger partial charge in [-0.3, -0.25) is 9.32 Å². The number of aromatic nitrogens is 2. The monoisotopic (exact) mass is 353 g/mol. The molecule has 3 aromatic rings. The van der Waals surface area contributed by atoms with Crippen LogP contribution in [0.25, 0.3) is 10.7 Å². The van der Waals surface area contributed by atoms with Crippen LogP contribution in [-0.4, -0.2) is 15.6 Å². The van der Waals surface area contributed by atoms with Crippen molar-refractivity contribution < 1.29 is 13.7 Å². The summed E-state index contributed by atoms with van der Waals surface area (Å²) in [5, 5.41) is 7.92. The number of amides is 1. The molecule has 0 aliphatic heterocycles. The highest BCUT2D eigenvalue weighted by Crippen LogP contribution is 2.22. The summed E-state index contributed by atoms with van der Waals surface area (Å²) in [5.41, 5.74) is 0.323. The van der Waals surface area contributed by atoms with Gasteiger partial charge < -0.3 is 5.32 Å². The average molecular weight is 354 g/mol. The van der Waals surface area contributed by atoms with Crippen molar-refractivity contribution in [2.45, 2.75) is 6.54 Å². The number of hydrogen-bond acceptors (Lipinski definition) is 5. The highest BCUT2D eigenvalue weighted by Gasteiger charge is 2.16. The molecule has 0 atom stereocenters. The first kappa shape index (κ1) is 15.4. The lowest BCUT2D eigenvalue weighted by Gasteiger charge is -2.06. The topological polar surface area (TPSA) is 77.1 Å². The van der Waals surface area contributed by atoms with E-state index in [9.17, 15) is 14.0 Å². The molecule has 0 radical (unpaired) electrons. The minimum Gasteiger partial charge on any atom is -0.324 e. The van der Waals surface area contributed by atoms with Crippen molar-refractivity contribution in [3.8, 4) is 10.7 Å². The summed E-state index contributed by atoms with van der Waals surface area (Å²) in [6, 6.07) is 7.35. The van der Waals surface area contributed by atoms with Gasteiger partial charge in [-0.05, 0) is 29.6 Å². The van der Waals surface area contributed by atoms with Crippen LogP contribution in [0, 0.1) is 5.82 Å². The van der Waals surface area contributed by atoms with E-state index >= 15 is 0 Å². The maximum absolute atomic E-state index is 13.1. The van der Waals surface area contributed by atoms with Crippen molar-refractivity contribution in [1.29, 1.82) is 0 Å². The standard InChI is InChI=1S/C14H9ClFN3O3S/c15-9-6-8(3-4-10(9)16)17-12(20)7-19-13(18-22-14(19)21)11-2-1-5-23-11/h1-6H,7H2,(H,17,20). The highest BCUT2D eigenvalue weighted by atomic mass is 35.5. The van der Waals surface area contributed by atoms with Gasteiger partial charge in [0.2, 0.25) is 5.91 Å². The fraction of sp³-hybridized carbons (Fsp3) is 0.0714. The first-order valence-corrected chi connectivity index (χ1v) is 7.65. The molecular weight excluding hydrogens is 345 g/mol. The van der Waals surface area contributed by atoms with Crippen molar-refractivity contribution in [3.63, 3.8) is 0 Å². The molecule has 1 amide bonds. The molecule has 23 heavy (non-hydrogen) atoms. The SMILES string of the molecule is O=C(Cn1c(-c2cccs2)noc1=O)Nc1ccc(F)c(Cl)c1. The van der Waals surface area contributed by atoms with Crippen LogP contribution in [0.3, 0.4) is 0 Å². The predicted octanol–water partition coefficient (Wildman–Crippen LogP) is 3.00. The second-order valence-corrected chi connectivity index (χ2v) is 5.87. The van der Waals surface area contributed by atoms with E-state index in [1.54, 1.807) is 12.1 Å². The zero-order chi connectivity index (χ0) is 16.4. The second kappa shape index (κ2) is 6.35. The quantitative estimate of drug-likeness (QED) is 0.782. The van der Waals surface area contributed by atoms with Crippen LogP contribution in [0.5, 0.6) is 0 Å². The van der Waals surface area contributed by atoms with E-state index < -0.39 is 17.5 Å². The number of carbonyl (C=O) groups excluding carboxylic acids is 1. The lowest BCUT2D eigenvalue weighted by atomic mass is 10.3. The zero-order valence-electron chi connectivity index (χ0n) is 11.5. The molecule has 1 N–H and O–H groups in total. The molecule has 3 rings (SSSR count). The Morgan fingerprint density at radius 3 is 2.96 bits per heavy atom. The first-order chi connectivity index (χ1) is 11.0. The number of anilines is 1. The number of rotatable bonds is 4. The molecule has 0 unspecified atom stereocenters. The van der Waals surface area contributed by atoms with Gasteiger partial charge in [-0.15, -0.1) is 11.3 Å². The minimum atomic E-state index is -0.735. The van der Waals surface area contributed by atoms with Crippen LogP contribution < -0.4 is 11.1 Å². The summed E-state index contributed by atoms with van der Waals surface area (Å²) in [6.45, 7) is -0.287. The first-order valence-electron chi connectivity index (χ1n) is 6.40. The minimum absolute atomic E-state index is 0.107. The van der Waals surface area contributed by atoms with Gasteiger partial charge in [-0.25, -0.2) is 13.8 Å². The van der Waals surface area contributed by atoms with Gasteiger partial charge in [0.1, 0.15) is 12.4 Å². The Balaban J connectivity index is 1.79. The second-order valence-electron chi connectivity index (χ2n) is 4.51. The number of halogens is 2. The van der Waals surface area contributed by atoms with Gasteiger partial charge in [0.15, 0.2) is 5.82 Å². The summed E-state index contributed by atoms with van der Waals surface area (Å²) in [6.07, 6.45) is 0. The predicted molar refractivity (Wildman–Crippen MR) is 84.1 cm³/mol. The van der Waals surface area contributed by atoms with Crippen molar-refractivity contribution in [3.05, 3.63) is 57.1 Å². The van der Waals surface area contributed by atoms with Crippen molar-refractivity contribution in [1.82, 2.24) is 9.72 Å². The third-order valence-electron chi connectivity index (χ3n) is 2.93. The number of carbonyl (C=O) groups is 1. The third-order valence-corrected chi connectivity index (χ3v) is 4.09. The molecule has 6 nitrogen and oxygen atoms in total. The van der Waals surface area contributed by atoms with Crippen LogP contribution in [0.2, 0.25) is 5.02 Å². The highest BCUT2D eigenvalue weighted by molar-refractivity contribution is 7.13. The summed E-state index contributed by atoms with van der Waals surface area (Å²) in [7, 11) is 0. The molecular formula is C14H9ClFN3O3S. The Morgan fingerprint density at radius 1 is 1.43 bits per heavy atom. The van der Waals surface area contributed by atoms with E-state index in [1.807, 2.05) is 5.38 Å². The van der Waals surface area contributed by atoms with Gasteiger partial charge in [0.25, 0.3) is 0 Å². The van der Waals surface area contributed by atoms with Crippen molar-refractivity contribution in [2.24, 2.45) is 0 Å². The smallest absolute Gasteiger partial charge is 0.324 e. The van der Waals surface area contributed by atoms with E-state index in [1.165, 1.54) is 23.5 Å². The summed E-state index contributed by atoms with van der Waals surface area (Å²) < 4.78 is 18.8. The van der Waals surface area contributed by atoms with E-state index in [4.69, 9.17) is 11.6 Å². The maximum Gasteiger partial charge on any atom is 0.442 e. The van der Waals surface area contributed by atoms with Crippen LogP contribution in [0.15, 0.2) is 45.0 Å². The lowest BCUT2D eigenvalue weighted by Crippen LogP contribution is -2.25. The van der Waals surface area contributed by atoms with E-state index in [2.05, 4.69) is 15.0 Å². The van der Waals surface area contributed by atoms with Crippen LogP contribution in [0.1, 0.15) is 0 Å². The van der Waals surface area contributed by atoms with E-state index in [0.29, 0.717) is 10.6 Å². The zero-order valence-corrected chi connectivity index (χ0v) is 13.0. The third kappa shape index (κ3) is 3.33. The van der Waals surface area contributed by atoms with Crippen LogP contribution >= 0.6 is 22.9 Å². The lowest BCUT2D eigenvalue weighted by molar-refractivity contribution is -0.116. The van der Waals surface area contributed by atoms with E-state index in [-0.39, 0.29) is 17.4 Å². The Kier molecular flexibility index (Phi) is 4.26. The van der Waals surface area contributed by atoms with Crippen molar-refractivity contribution >= 4 is 34.5 Å². The molecule has 118 valence electrons. The average Bonchev–Trinajstić information content (AvgIpc) is 3.14. The molecule has 0 aliphatic carbocycles. The van der Waals surface area contributed by atoms with Crippen molar-refractivity contribution in [2.75, 3.05) is 5.32 Å².